The maximum atomic E-state index is 12.8. The number of carbonyl (C=O) groups is 2. The van der Waals surface area contributed by atoms with E-state index in [2.05, 4.69) is 53.1 Å². The summed E-state index contributed by atoms with van der Waals surface area (Å²) in [7, 11) is 0. The average Bonchev–Trinajstić information content (AvgIpc) is 3.43. The van der Waals surface area contributed by atoms with Crippen molar-refractivity contribution in [2.24, 2.45) is 0 Å². The van der Waals surface area contributed by atoms with E-state index in [1.807, 2.05) is 24.5 Å². The topological polar surface area (TPSA) is 87.0 Å². The van der Waals surface area contributed by atoms with Gasteiger partial charge >= 0.3 is 5.97 Å². The molecular weight excluding hydrogens is 436 g/mol. The number of Topliss-reactive ketones (excluding diaryl/α,β-unsaturated/α-hetero) is 1. The molecule has 0 aliphatic rings. The Balaban J connectivity index is 1.45. The highest BCUT2D eigenvalue weighted by atomic mass is 32.1. The van der Waals surface area contributed by atoms with Crippen molar-refractivity contribution in [3.8, 4) is 16.5 Å². The summed E-state index contributed by atoms with van der Waals surface area (Å²) in [4.78, 5) is 37.7. The van der Waals surface area contributed by atoms with Crippen molar-refractivity contribution >= 4 is 23.1 Å². The lowest BCUT2D eigenvalue weighted by Gasteiger charge is -2.12. The minimum absolute atomic E-state index is 0.131. The molecule has 3 aromatic heterocycles. The van der Waals surface area contributed by atoms with E-state index in [4.69, 9.17) is 4.74 Å². The molecule has 0 N–H and O–H groups in total. The Morgan fingerprint density at radius 2 is 1.79 bits per heavy atom. The first-order valence-electron chi connectivity index (χ1n) is 10.6. The number of aryl methyl sites for hydroxylation is 1. The monoisotopic (exact) mass is 460 g/mol. The molecule has 33 heavy (non-hydrogen) atoms. The second kappa shape index (κ2) is 9.46. The first kappa shape index (κ1) is 22.5. The summed E-state index contributed by atoms with van der Waals surface area (Å²) in [5, 5.41) is 2.09. The lowest BCUT2D eigenvalue weighted by atomic mass is 10.0. The van der Waals surface area contributed by atoms with Crippen LogP contribution in [0.1, 0.15) is 57.6 Å². The molecule has 0 bridgehead atoms. The van der Waals surface area contributed by atoms with Gasteiger partial charge in [0.2, 0.25) is 5.78 Å². The number of esters is 1. The number of thiazole rings is 1. The van der Waals surface area contributed by atoms with Crippen LogP contribution in [0.3, 0.4) is 0 Å². The maximum Gasteiger partial charge on any atom is 0.358 e. The Labute approximate surface area is 196 Å². The van der Waals surface area contributed by atoms with Gasteiger partial charge in [0.1, 0.15) is 0 Å². The van der Waals surface area contributed by atoms with Crippen molar-refractivity contribution in [1.29, 1.82) is 0 Å². The zero-order valence-electron chi connectivity index (χ0n) is 18.9. The highest BCUT2D eigenvalue weighted by molar-refractivity contribution is 7.13. The Hall–Kier alpha value is -3.65. The highest BCUT2D eigenvalue weighted by Gasteiger charge is 2.20. The number of nitrogens with zero attached hydrogens (tertiary/aromatic N) is 4. The van der Waals surface area contributed by atoms with Crippen LogP contribution in [0.25, 0.3) is 16.5 Å². The fourth-order valence-corrected chi connectivity index (χ4v) is 4.35. The van der Waals surface area contributed by atoms with Crippen LogP contribution >= 0.6 is 11.3 Å². The molecule has 0 aliphatic carbocycles. The molecule has 8 heteroatoms. The number of benzene rings is 1. The molecule has 3 heterocycles. The first-order valence-corrected chi connectivity index (χ1v) is 11.5. The van der Waals surface area contributed by atoms with E-state index in [9.17, 15) is 9.59 Å². The van der Waals surface area contributed by atoms with Gasteiger partial charge in [-0.25, -0.2) is 19.7 Å². The van der Waals surface area contributed by atoms with Crippen LogP contribution in [0.4, 0.5) is 0 Å². The predicted octanol–water partition coefficient (Wildman–Crippen LogP) is 5.17. The second-order valence-electron chi connectivity index (χ2n) is 7.98. The summed E-state index contributed by atoms with van der Waals surface area (Å²) in [5.41, 5.74) is 4.65. The van der Waals surface area contributed by atoms with Gasteiger partial charge in [0.05, 0.1) is 0 Å². The Kier molecular flexibility index (Phi) is 6.46. The molecule has 0 unspecified atom stereocenters. The quantitative estimate of drug-likeness (QED) is 0.279. The van der Waals surface area contributed by atoms with Crippen LogP contribution < -0.4 is 0 Å². The SMILES string of the molecule is Cc1cc(C(=O)COC(=O)c2csc(-c3ncccn3)n2)c(C)n1-c1ccc(C(C)C)cc1. The molecule has 0 saturated heterocycles. The molecule has 0 fully saturated rings. The van der Waals surface area contributed by atoms with E-state index in [1.165, 1.54) is 16.9 Å². The Bertz CT molecular complexity index is 1290. The van der Waals surface area contributed by atoms with Crippen molar-refractivity contribution in [2.45, 2.75) is 33.6 Å². The standard InChI is InChI=1S/C25H24N4O3S/c1-15(2)18-6-8-19(9-7-18)29-16(3)12-20(17(29)4)22(30)13-32-25(31)21-14-33-24(28-21)23-26-10-5-11-27-23/h5-12,14-15H,13H2,1-4H3. The highest BCUT2D eigenvalue weighted by Crippen LogP contribution is 2.24. The van der Waals surface area contributed by atoms with Gasteiger partial charge in [-0.05, 0) is 49.6 Å². The molecule has 0 aliphatic heterocycles. The van der Waals surface area contributed by atoms with Crippen LogP contribution in [0.15, 0.2) is 54.2 Å². The van der Waals surface area contributed by atoms with Crippen LogP contribution in [0.5, 0.6) is 0 Å². The molecule has 4 rings (SSSR count). The molecule has 0 radical (unpaired) electrons. The first-order chi connectivity index (χ1) is 15.8. The third-order valence-corrected chi connectivity index (χ3v) is 6.19. The molecule has 1 aromatic carbocycles. The van der Waals surface area contributed by atoms with Gasteiger partial charge in [-0.1, -0.05) is 26.0 Å². The number of rotatable bonds is 7. The van der Waals surface area contributed by atoms with E-state index >= 15 is 0 Å². The average molecular weight is 461 g/mol. The summed E-state index contributed by atoms with van der Waals surface area (Å²) in [6.45, 7) is 7.80. The molecule has 4 aromatic rings. The third-order valence-electron chi connectivity index (χ3n) is 5.35. The van der Waals surface area contributed by atoms with Crippen molar-refractivity contribution in [2.75, 3.05) is 6.61 Å². The number of carbonyl (C=O) groups excluding carboxylic acids is 2. The van der Waals surface area contributed by atoms with Crippen molar-refractivity contribution < 1.29 is 14.3 Å². The number of hydrogen-bond donors (Lipinski definition) is 0. The van der Waals surface area contributed by atoms with Crippen molar-refractivity contribution in [3.63, 3.8) is 0 Å². The second-order valence-corrected chi connectivity index (χ2v) is 8.83. The lowest BCUT2D eigenvalue weighted by molar-refractivity contribution is 0.0469. The maximum absolute atomic E-state index is 12.8. The number of ketones is 1. The molecule has 168 valence electrons. The summed E-state index contributed by atoms with van der Waals surface area (Å²) in [6, 6.07) is 11.8. The van der Waals surface area contributed by atoms with E-state index in [0.29, 0.717) is 22.3 Å². The summed E-state index contributed by atoms with van der Waals surface area (Å²) >= 11 is 1.24. The summed E-state index contributed by atoms with van der Waals surface area (Å²) in [5.74, 6) is -0.0264. The van der Waals surface area contributed by atoms with E-state index in [0.717, 1.165) is 17.1 Å². The van der Waals surface area contributed by atoms with Gasteiger partial charge in [-0.3, -0.25) is 4.79 Å². The van der Waals surface area contributed by atoms with Gasteiger partial charge in [0.25, 0.3) is 0 Å². The van der Waals surface area contributed by atoms with Gasteiger partial charge in [-0.15, -0.1) is 11.3 Å². The minimum atomic E-state index is -0.653. The van der Waals surface area contributed by atoms with Crippen LogP contribution in [-0.2, 0) is 4.74 Å². The van der Waals surface area contributed by atoms with E-state index in [-0.39, 0.29) is 18.1 Å². The fourth-order valence-electron chi connectivity index (χ4n) is 3.61. The van der Waals surface area contributed by atoms with Crippen LogP contribution in [0.2, 0.25) is 0 Å². The Morgan fingerprint density at radius 3 is 2.45 bits per heavy atom. The zero-order valence-corrected chi connectivity index (χ0v) is 19.7. The lowest BCUT2D eigenvalue weighted by Crippen LogP contribution is -2.15. The smallest absolute Gasteiger partial charge is 0.358 e. The number of hydrogen-bond acceptors (Lipinski definition) is 7. The normalized spacial score (nSPS) is 11.1. The van der Waals surface area contributed by atoms with Crippen molar-refractivity contribution in [1.82, 2.24) is 19.5 Å². The third kappa shape index (κ3) is 4.75. The Morgan fingerprint density at radius 1 is 1.09 bits per heavy atom. The zero-order chi connectivity index (χ0) is 23.5. The predicted molar refractivity (Wildman–Crippen MR) is 127 cm³/mol. The molecule has 0 saturated carbocycles. The number of aromatic nitrogens is 4. The minimum Gasteiger partial charge on any atom is -0.453 e. The summed E-state index contributed by atoms with van der Waals surface area (Å²) in [6.07, 6.45) is 3.21. The molecule has 0 amide bonds. The fraction of sp³-hybridized carbons (Fsp3) is 0.240. The molecule has 7 nitrogen and oxygen atoms in total. The van der Waals surface area contributed by atoms with Gasteiger partial charge in [0.15, 0.2) is 23.1 Å². The summed E-state index contributed by atoms with van der Waals surface area (Å²) < 4.78 is 7.28. The van der Waals surface area contributed by atoms with E-state index < -0.39 is 5.97 Å². The molecular formula is C25H24N4O3S. The van der Waals surface area contributed by atoms with Crippen LogP contribution in [0, 0.1) is 13.8 Å². The molecule has 0 spiro atoms. The number of ether oxygens (including phenoxy) is 1. The van der Waals surface area contributed by atoms with Gasteiger partial charge < -0.3 is 9.30 Å². The molecule has 0 atom stereocenters. The van der Waals surface area contributed by atoms with Crippen LogP contribution in [-0.4, -0.2) is 37.9 Å². The largest absolute Gasteiger partial charge is 0.453 e. The van der Waals surface area contributed by atoms with Crippen molar-refractivity contribution in [3.05, 3.63) is 82.4 Å². The van der Waals surface area contributed by atoms with Gasteiger partial charge in [0, 0.05) is 40.4 Å². The van der Waals surface area contributed by atoms with E-state index in [1.54, 1.807) is 23.8 Å². The van der Waals surface area contributed by atoms with Gasteiger partial charge in [-0.2, -0.15) is 0 Å².